The van der Waals surface area contributed by atoms with Crippen molar-refractivity contribution in [1.82, 2.24) is 0 Å². The van der Waals surface area contributed by atoms with Crippen molar-refractivity contribution in [2.45, 2.75) is 72.6 Å². The van der Waals surface area contributed by atoms with Crippen molar-refractivity contribution < 1.29 is 0 Å². The Labute approximate surface area is 103 Å². The molecule has 0 heterocycles. The summed E-state index contributed by atoms with van der Waals surface area (Å²) in [5.74, 6) is 1.04. The summed E-state index contributed by atoms with van der Waals surface area (Å²) in [5.41, 5.74) is 1.41. The first-order chi connectivity index (χ1) is 7.79. The van der Waals surface area contributed by atoms with Crippen molar-refractivity contribution in [3.05, 3.63) is 23.8 Å². The summed E-state index contributed by atoms with van der Waals surface area (Å²) in [6.45, 7) is 8.49. The van der Waals surface area contributed by atoms with Gasteiger partial charge >= 0.3 is 0 Å². The molecule has 2 aliphatic rings. The molecule has 16 heavy (non-hydrogen) atoms. The monoisotopic (exact) mass is 222 g/mol. The average Bonchev–Trinajstić information content (AvgIpc) is 2.34. The predicted molar refractivity (Wildman–Crippen MR) is 75.7 cm³/mol. The first kappa shape index (κ1) is 15.5. The number of rotatable bonds is 0. The lowest BCUT2D eigenvalue weighted by Crippen LogP contribution is -1.99. The highest BCUT2D eigenvalue weighted by Crippen LogP contribution is 2.22. The van der Waals surface area contributed by atoms with Crippen LogP contribution in [0.5, 0.6) is 0 Å². The summed E-state index contributed by atoms with van der Waals surface area (Å²) in [7, 11) is 0. The van der Waals surface area contributed by atoms with E-state index in [4.69, 9.17) is 0 Å². The first-order valence-electron chi connectivity index (χ1n) is 7.12. The van der Waals surface area contributed by atoms with Gasteiger partial charge in [0, 0.05) is 0 Å². The molecule has 0 N–H and O–H groups in total. The molecule has 0 atom stereocenters. The van der Waals surface area contributed by atoms with Gasteiger partial charge in [-0.15, -0.1) is 0 Å². The predicted octanol–water partition coefficient (Wildman–Crippen LogP) is 5.90. The van der Waals surface area contributed by atoms with E-state index in [-0.39, 0.29) is 0 Å². The molecular weight excluding hydrogens is 192 g/mol. The van der Waals surface area contributed by atoms with E-state index in [9.17, 15) is 0 Å². The van der Waals surface area contributed by atoms with Crippen LogP contribution in [0.3, 0.4) is 0 Å². The Morgan fingerprint density at radius 1 is 1.00 bits per heavy atom. The molecular formula is C16H30. The Bertz CT molecular complexity index is 192. The molecule has 0 aliphatic heterocycles. The second-order valence-electron chi connectivity index (χ2n) is 4.67. The lowest BCUT2D eigenvalue weighted by Gasteiger charge is -2.15. The minimum absolute atomic E-state index is 1.04. The maximum atomic E-state index is 2.36. The van der Waals surface area contributed by atoms with Gasteiger partial charge in [0.15, 0.2) is 0 Å². The molecule has 1 saturated carbocycles. The molecule has 0 unspecified atom stereocenters. The highest BCUT2D eigenvalue weighted by molar-refractivity contribution is 5.18. The SMILES string of the molecule is CC.CC1=CCCC=C1.CC1CCCCC1. The summed E-state index contributed by atoms with van der Waals surface area (Å²) in [5, 5.41) is 0. The minimum atomic E-state index is 1.04. The Kier molecular flexibility index (Phi) is 10.6. The zero-order valence-electron chi connectivity index (χ0n) is 11.8. The molecule has 2 rings (SSSR count). The Hall–Kier alpha value is -0.520. The Morgan fingerprint density at radius 2 is 1.62 bits per heavy atom. The van der Waals surface area contributed by atoms with E-state index in [0.717, 1.165) is 5.92 Å². The number of hydrogen-bond acceptors (Lipinski definition) is 0. The van der Waals surface area contributed by atoms with Gasteiger partial charge < -0.3 is 0 Å². The smallest absolute Gasteiger partial charge is 0.0310 e. The van der Waals surface area contributed by atoms with Crippen molar-refractivity contribution >= 4 is 0 Å². The van der Waals surface area contributed by atoms with Crippen LogP contribution in [-0.2, 0) is 0 Å². The fourth-order valence-corrected chi connectivity index (χ4v) is 2.05. The average molecular weight is 222 g/mol. The van der Waals surface area contributed by atoms with Crippen LogP contribution in [0.25, 0.3) is 0 Å². The summed E-state index contributed by atoms with van der Waals surface area (Å²) in [6.07, 6.45) is 16.6. The van der Waals surface area contributed by atoms with Crippen LogP contribution in [0.15, 0.2) is 23.8 Å². The first-order valence-corrected chi connectivity index (χ1v) is 7.12. The molecule has 0 radical (unpaired) electrons. The van der Waals surface area contributed by atoms with E-state index in [1.165, 1.54) is 50.5 Å². The third-order valence-corrected chi connectivity index (χ3v) is 3.07. The van der Waals surface area contributed by atoms with Gasteiger partial charge in [0.25, 0.3) is 0 Å². The van der Waals surface area contributed by atoms with Crippen LogP contribution in [0.2, 0.25) is 0 Å². The van der Waals surface area contributed by atoms with E-state index in [0.29, 0.717) is 0 Å². The molecule has 0 amide bonds. The minimum Gasteiger partial charge on any atom is -0.0840 e. The molecule has 0 heteroatoms. The van der Waals surface area contributed by atoms with Gasteiger partial charge in [0.2, 0.25) is 0 Å². The molecule has 0 aromatic rings. The van der Waals surface area contributed by atoms with Crippen molar-refractivity contribution in [1.29, 1.82) is 0 Å². The molecule has 94 valence electrons. The van der Waals surface area contributed by atoms with Gasteiger partial charge in [-0.2, -0.15) is 0 Å². The maximum Gasteiger partial charge on any atom is -0.0310 e. The van der Waals surface area contributed by atoms with Gasteiger partial charge in [-0.3, -0.25) is 0 Å². The third-order valence-electron chi connectivity index (χ3n) is 3.07. The summed E-state index contributed by atoms with van der Waals surface area (Å²) in [4.78, 5) is 0. The van der Waals surface area contributed by atoms with E-state index in [1.807, 2.05) is 13.8 Å². The highest BCUT2D eigenvalue weighted by Gasteiger charge is 2.05. The summed E-state index contributed by atoms with van der Waals surface area (Å²) in [6, 6.07) is 0. The van der Waals surface area contributed by atoms with E-state index in [2.05, 4.69) is 32.1 Å². The number of hydrogen-bond donors (Lipinski definition) is 0. The lowest BCUT2D eigenvalue weighted by atomic mass is 9.91. The van der Waals surface area contributed by atoms with E-state index >= 15 is 0 Å². The van der Waals surface area contributed by atoms with E-state index in [1.54, 1.807) is 0 Å². The fourth-order valence-electron chi connectivity index (χ4n) is 2.05. The topological polar surface area (TPSA) is 0 Å². The summed E-state index contributed by atoms with van der Waals surface area (Å²) >= 11 is 0. The molecule has 0 saturated heterocycles. The Balaban J connectivity index is 0.000000244. The van der Waals surface area contributed by atoms with Crippen LogP contribution in [0.4, 0.5) is 0 Å². The van der Waals surface area contributed by atoms with Gasteiger partial charge in [-0.1, -0.05) is 76.7 Å². The maximum absolute atomic E-state index is 2.36. The molecule has 0 nitrogen and oxygen atoms in total. The molecule has 0 aromatic carbocycles. The Morgan fingerprint density at radius 3 is 1.88 bits per heavy atom. The highest BCUT2D eigenvalue weighted by atomic mass is 14.1. The molecule has 0 bridgehead atoms. The van der Waals surface area contributed by atoms with Gasteiger partial charge in [0.1, 0.15) is 0 Å². The normalized spacial score (nSPS) is 19.9. The number of allylic oxidation sites excluding steroid dienone is 4. The largest absolute Gasteiger partial charge is 0.0840 e. The van der Waals surface area contributed by atoms with Crippen molar-refractivity contribution in [3.63, 3.8) is 0 Å². The van der Waals surface area contributed by atoms with Gasteiger partial charge in [0.05, 0.1) is 0 Å². The second kappa shape index (κ2) is 11.0. The lowest BCUT2D eigenvalue weighted by molar-refractivity contribution is 0.385. The van der Waals surface area contributed by atoms with Crippen LogP contribution in [0, 0.1) is 5.92 Å². The molecule has 2 aliphatic carbocycles. The van der Waals surface area contributed by atoms with Gasteiger partial charge in [-0.25, -0.2) is 0 Å². The van der Waals surface area contributed by atoms with E-state index < -0.39 is 0 Å². The quantitative estimate of drug-likeness (QED) is 0.479. The molecule has 1 fully saturated rings. The van der Waals surface area contributed by atoms with Crippen LogP contribution in [-0.4, -0.2) is 0 Å². The van der Waals surface area contributed by atoms with Gasteiger partial charge in [-0.05, 0) is 25.7 Å². The third kappa shape index (κ3) is 8.76. The van der Waals surface area contributed by atoms with Crippen LogP contribution >= 0.6 is 0 Å². The van der Waals surface area contributed by atoms with Crippen LogP contribution < -0.4 is 0 Å². The van der Waals surface area contributed by atoms with Crippen molar-refractivity contribution in [2.24, 2.45) is 5.92 Å². The zero-order valence-corrected chi connectivity index (χ0v) is 11.8. The van der Waals surface area contributed by atoms with Crippen molar-refractivity contribution in [3.8, 4) is 0 Å². The zero-order chi connectivity index (χ0) is 12.2. The molecule has 0 aromatic heterocycles. The summed E-state index contributed by atoms with van der Waals surface area (Å²) < 4.78 is 0. The fraction of sp³-hybridized carbons (Fsp3) is 0.750. The standard InChI is InChI=1S/C7H14.C7H10.C2H6/c2*1-7-5-3-2-4-6-7;1-2/h7H,2-6H2,1H3;3,5-6H,2,4H2,1H3;1-2H3. The second-order valence-corrected chi connectivity index (χ2v) is 4.67. The molecule has 0 spiro atoms. The van der Waals surface area contributed by atoms with Crippen LogP contribution in [0.1, 0.15) is 72.6 Å². The van der Waals surface area contributed by atoms with Crippen molar-refractivity contribution in [2.75, 3.05) is 0 Å².